The van der Waals surface area contributed by atoms with Crippen molar-refractivity contribution in [3.05, 3.63) is 70.3 Å². The molecule has 0 spiro atoms. The molecule has 2 aromatic heterocycles. The molecular formula is C22H24N2O5S2. The average molecular weight is 461 g/mol. The van der Waals surface area contributed by atoms with E-state index >= 15 is 0 Å². The predicted octanol–water partition coefficient (Wildman–Crippen LogP) is 3.98. The smallest absolute Gasteiger partial charge is 0.254 e. The van der Waals surface area contributed by atoms with Crippen LogP contribution in [-0.4, -0.2) is 43.7 Å². The Bertz CT molecular complexity index is 1080. The molecule has 1 aromatic carbocycles. The van der Waals surface area contributed by atoms with Crippen molar-refractivity contribution in [1.29, 1.82) is 0 Å². The molecule has 3 aromatic rings. The topological polar surface area (TPSA) is 80.1 Å². The van der Waals surface area contributed by atoms with Gasteiger partial charge >= 0.3 is 0 Å². The van der Waals surface area contributed by atoms with E-state index in [0.717, 1.165) is 17.7 Å². The summed E-state index contributed by atoms with van der Waals surface area (Å²) >= 11 is 1.56. The number of ether oxygens (including phenoxy) is 1. The minimum atomic E-state index is -3.74. The molecule has 7 nitrogen and oxygen atoms in total. The summed E-state index contributed by atoms with van der Waals surface area (Å²) in [4.78, 5) is 16.1. The van der Waals surface area contributed by atoms with Crippen molar-refractivity contribution in [3.8, 4) is 5.75 Å². The van der Waals surface area contributed by atoms with Gasteiger partial charge in [-0.15, -0.1) is 11.3 Å². The highest BCUT2D eigenvalue weighted by Crippen LogP contribution is 2.30. The zero-order chi connectivity index (χ0) is 21.8. The molecular weight excluding hydrogens is 436 g/mol. The Kier molecular flexibility index (Phi) is 6.45. The molecule has 3 heterocycles. The lowest BCUT2D eigenvalue weighted by atomic mass is 10.1. The van der Waals surface area contributed by atoms with E-state index in [0.29, 0.717) is 31.0 Å². The molecule has 164 valence electrons. The van der Waals surface area contributed by atoms with Crippen LogP contribution in [0.3, 0.4) is 0 Å². The van der Waals surface area contributed by atoms with Gasteiger partial charge in [0.2, 0.25) is 10.0 Å². The quantitative estimate of drug-likeness (QED) is 0.508. The molecule has 0 atom stereocenters. The van der Waals surface area contributed by atoms with Crippen LogP contribution >= 0.6 is 11.3 Å². The van der Waals surface area contributed by atoms with E-state index in [1.54, 1.807) is 40.7 Å². The van der Waals surface area contributed by atoms with Crippen LogP contribution in [0, 0.1) is 0 Å². The number of carbonyl (C=O) groups excluding carboxylic acids is 1. The first-order chi connectivity index (χ1) is 15.0. The number of hydrogen-bond acceptors (Lipinski definition) is 6. The van der Waals surface area contributed by atoms with Crippen LogP contribution in [0.15, 0.2) is 63.4 Å². The summed E-state index contributed by atoms with van der Waals surface area (Å²) < 4.78 is 38.6. The molecule has 1 aliphatic heterocycles. The van der Waals surface area contributed by atoms with Crippen molar-refractivity contribution >= 4 is 27.3 Å². The van der Waals surface area contributed by atoms with Gasteiger partial charge in [0.15, 0.2) is 0 Å². The fourth-order valence-electron chi connectivity index (χ4n) is 3.64. The number of rotatable bonds is 8. The molecule has 31 heavy (non-hydrogen) atoms. The van der Waals surface area contributed by atoms with Crippen LogP contribution in [0.4, 0.5) is 0 Å². The van der Waals surface area contributed by atoms with Crippen molar-refractivity contribution in [1.82, 2.24) is 9.21 Å². The van der Waals surface area contributed by atoms with E-state index < -0.39 is 10.0 Å². The van der Waals surface area contributed by atoms with Gasteiger partial charge in [0.25, 0.3) is 5.91 Å². The second kappa shape index (κ2) is 9.25. The molecule has 1 saturated heterocycles. The van der Waals surface area contributed by atoms with Crippen molar-refractivity contribution in [3.63, 3.8) is 0 Å². The number of hydrogen-bond donors (Lipinski definition) is 0. The maximum absolute atomic E-state index is 13.4. The molecule has 0 unspecified atom stereocenters. The van der Waals surface area contributed by atoms with Crippen molar-refractivity contribution in [2.45, 2.75) is 30.8 Å². The zero-order valence-electron chi connectivity index (χ0n) is 17.2. The number of carbonyl (C=O) groups is 1. The van der Waals surface area contributed by atoms with Gasteiger partial charge in [-0.2, -0.15) is 4.31 Å². The van der Waals surface area contributed by atoms with E-state index in [4.69, 9.17) is 9.15 Å². The lowest BCUT2D eigenvalue weighted by Crippen LogP contribution is -2.31. The number of nitrogens with zero attached hydrogens (tertiary/aromatic N) is 2. The van der Waals surface area contributed by atoms with E-state index in [2.05, 4.69) is 0 Å². The minimum absolute atomic E-state index is 0.0248. The molecule has 4 rings (SSSR count). The molecule has 0 N–H and O–H groups in total. The third-order valence-electron chi connectivity index (χ3n) is 5.23. The fraction of sp³-hybridized carbons (Fsp3) is 0.318. The zero-order valence-corrected chi connectivity index (χ0v) is 18.8. The van der Waals surface area contributed by atoms with E-state index in [-0.39, 0.29) is 23.1 Å². The Morgan fingerprint density at radius 2 is 1.97 bits per heavy atom. The first-order valence-corrected chi connectivity index (χ1v) is 12.3. The van der Waals surface area contributed by atoms with E-state index in [1.807, 2.05) is 23.6 Å². The Labute approximate surface area is 185 Å². The van der Waals surface area contributed by atoms with Gasteiger partial charge in [0.05, 0.1) is 26.5 Å². The van der Waals surface area contributed by atoms with Crippen LogP contribution in [0.1, 0.15) is 33.8 Å². The van der Waals surface area contributed by atoms with Crippen molar-refractivity contribution < 1.29 is 22.4 Å². The highest BCUT2D eigenvalue weighted by Gasteiger charge is 2.31. The predicted molar refractivity (Wildman–Crippen MR) is 118 cm³/mol. The third kappa shape index (κ3) is 4.68. The maximum Gasteiger partial charge on any atom is 0.254 e. The summed E-state index contributed by atoms with van der Waals surface area (Å²) in [7, 11) is -2.31. The highest BCUT2D eigenvalue weighted by atomic mass is 32.2. The van der Waals surface area contributed by atoms with Gasteiger partial charge in [0.1, 0.15) is 16.4 Å². The van der Waals surface area contributed by atoms with Gasteiger partial charge in [-0.05, 0) is 54.6 Å². The third-order valence-corrected chi connectivity index (χ3v) is 8.02. The first-order valence-electron chi connectivity index (χ1n) is 10.0. The van der Waals surface area contributed by atoms with E-state index in [1.165, 1.54) is 17.5 Å². The Morgan fingerprint density at radius 1 is 1.16 bits per heavy atom. The molecule has 1 fully saturated rings. The summed E-state index contributed by atoms with van der Waals surface area (Å²) in [5.41, 5.74) is 0.293. The highest BCUT2D eigenvalue weighted by molar-refractivity contribution is 7.89. The standard InChI is InChI=1S/C22H24N2O5S2/c1-28-20-9-8-17(14-21(20)31(26,27)24-10-2-3-11-24)22(25)23(15-18-6-4-12-29-18)16-19-7-5-13-30-19/h4-9,12-14H,2-3,10-11,15-16H2,1H3. The lowest BCUT2D eigenvalue weighted by Gasteiger charge is -2.23. The van der Waals surface area contributed by atoms with Crippen LogP contribution in [0.2, 0.25) is 0 Å². The second-order valence-corrected chi connectivity index (χ2v) is 10.2. The largest absolute Gasteiger partial charge is 0.495 e. The molecule has 0 radical (unpaired) electrons. The summed E-state index contributed by atoms with van der Waals surface area (Å²) in [5.74, 6) is 0.618. The van der Waals surface area contributed by atoms with Crippen LogP contribution in [0.25, 0.3) is 0 Å². The molecule has 0 bridgehead atoms. The maximum atomic E-state index is 13.4. The minimum Gasteiger partial charge on any atom is -0.495 e. The number of benzene rings is 1. The van der Waals surface area contributed by atoms with Crippen molar-refractivity contribution in [2.75, 3.05) is 20.2 Å². The van der Waals surface area contributed by atoms with Crippen LogP contribution in [-0.2, 0) is 23.1 Å². The fourth-order valence-corrected chi connectivity index (χ4v) is 6.06. The number of methoxy groups -OCH3 is 1. The number of furan rings is 1. The summed E-state index contributed by atoms with van der Waals surface area (Å²) in [6.07, 6.45) is 3.23. The monoisotopic (exact) mass is 460 g/mol. The summed E-state index contributed by atoms with van der Waals surface area (Å²) in [6.45, 7) is 1.64. The SMILES string of the molecule is COc1ccc(C(=O)N(Cc2ccco2)Cc2cccs2)cc1S(=O)(=O)N1CCCC1. The Hall–Kier alpha value is -2.62. The van der Waals surface area contributed by atoms with Crippen LogP contribution < -0.4 is 4.74 Å². The lowest BCUT2D eigenvalue weighted by molar-refractivity contribution is 0.0719. The van der Waals surface area contributed by atoms with Gasteiger partial charge in [-0.25, -0.2) is 8.42 Å². The average Bonchev–Trinajstić information content (AvgIpc) is 3.56. The van der Waals surface area contributed by atoms with Gasteiger partial charge in [0, 0.05) is 23.5 Å². The first kappa shape index (κ1) is 21.6. The summed E-state index contributed by atoms with van der Waals surface area (Å²) in [5, 5.41) is 1.96. The molecule has 9 heteroatoms. The normalized spacial score (nSPS) is 14.6. The van der Waals surface area contributed by atoms with Gasteiger partial charge < -0.3 is 14.1 Å². The van der Waals surface area contributed by atoms with Gasteiger partial charge in [-0.1, -0.05) is 6.07 Å². The number of sulfonamides is 1. The van der Waals surface area contributed by atoms with Gasteiger partial charge in [-0.3, -0.25) is 4.79 Å². The second-order valence-electron chi connectivity index (χ2n) is 7.30. The summed E-state index contributed by atoms with van der Waals surface area (Å²) in [6, 6.07) is 12.1. The molecule has 0 aliphatic carbocycles. The Morgan fingerprint density at radius 3 is 2.61 bits per heavy atom. The molecule has 1 aliphatic rings. The Balaban J connectivity index is 1.68. The number of thiophene rings is 1. The van der Waals surface area contributed by atoms with Crippen molar-refractivity contribution in [2.24, 2.45) is 0 Å². The van der Waals surface area contributed by atoms with Crippen LogP contribution in [0.5, 0.6) is 5.75 Å². The number of amides is 1. The van der Waals surface area contributed by atoms with E-state index in [9.17, 15) is 13.2 Å². The molecule has 1 amide bonds. The molecule has 0 saturated carbocycles.